The SMILES string of the molecule is O=C1CCC(N2Cc3cc(S)ccc3C2=O)C(=O)N1. The smallest absolute Gasteiger partial charge is 0.255 e. The number of amides is 3. The highest BCUT2D eigenvalue weighted by atomic mass is 32.1. The molecule has 0 bridgehead atoms. The van der Waals surface area contributed by atoms with Gasteiger partial charge in [-0.2, -0.15) is 0 Å². The van der Waals surface area contributed by atoms with Crippen LogP contribution in [0.4, 0.5) is 0 Å². The summed E-state index contributed by atoms with van der Waals surface area (Å²) >= 11 is 4.25. The molecule has 2 heterocycles. The number of hydrogen-bond donors (Lipinski definition) is 2. The minimum atomic E-state index is -0.555. The lowest BCUT2D eigenvalue weighted by atomic mass is 10.0. The average molecular weight is 276 g/mol. The van der Waals surface area contributed by atoms with Crippen molar-refractivity contribution in [2.45, 2.75) is 30.3 Å². The molecule has 3 amide bonds. The van der Waals surface area contributed by atoms with Crippen LogP contribution in [0.1, 0.15) is 28.8 Å². The Morgan fingerprint density at radius 1 is 1.26 bits per heavy atom. The van der Waals surface area contributed by atoms with Crippen LogP contribution in [0.3, 0.4) is 0 Å². The van der Waals surface area contributed by atoms with E-state index in [1.54, 1.807) is 12.1 Å². The summed E-state index contributed by atoms with van der Waals surface area (Å²) in [5.74, 6) is -0.815. The molecule has 1 aromatic carbocycles. The third kappa shape index (κ3) is 2.02. The van der Waals surface area contributed by atoms with Crippen molar-refractivity contribution in [3.05, 3.63) is 29.3 Å². The molecule has 0 aromatic heterocycles. The van der Waals surface area contributed by atoms with Crippen molar-refractivity contribution in [1.82, 2.24) is 10.2 Å². The molecule has 98 valence electrons. The van der Waals surface area contributed by atoms with E-state index in [9.17, 15) is 14.4 Å². The third-order valence-electron chi connectivity index (χ3n) is 3.51. The predicted octanol–water partition coefficient (Wildman–Crippen LogP) is 0.736. The van der Waals surface area contributed by atoms with Crippen molar-refractivity contribution >= 4 is 30.4 Å². The van der Waals surface area contributed by atoms with E-state index in [1.807, 2.05) is 6.07 Å². The van der Waals surface area contributed by atoms with Gasteiger partial charge in [-0.1, -0.05) is 0 Å². The largest absolute Gasteiger partial charge is 0.322 e. The highest BCUT2D eigenvalue weighted by Crippen LogP contribution is 2.28. The minimum absolute atomic E-state index is 0.155. The zero-order chi connectivity index (χ0) is 13.6. The van der Waals surface area contributed by atoms with Crippen molar-refractivity contribution in [2.24, 2.45) is 0 Å². The number of fused-ring (bicyclic) bond motifs is 1. The zero-order valence-corrected chi connectivity index (χ0v) is 10.9. The van der Waals surface area contributed by atoms with Gasteiger partial charge in [-0.05, 0) is 30.2 Å². The number of thiol groups is 1. The van der Waals surface area contributed by atoms with Crippen LogP contribution in [0.2, 0.25) is 0 Å². The number of imide groups is 1. The van der Waals surface area contributed by atoms with Crippen LogP contribution in [0.15, 0.2) is 23.1 Å². The summed E-state index contributed by atoms with van der Waals surface area (Å²) < 4.78 is 0. The number of nitrogens with zero attached hydrogens (tertiary/aromatic N) is 1. The monoisotopic (exact) mass is 276 g/mol. The number of hydrogen-bond acceptors (Lipinski definition) is 4. The van der Waals surface area contributed by atoms with Crippen molar-refractivity contribution in [3.63, 3.8) is 0 Å². The number of carbonyl (C=O) groups is 3. The third-order valence-corrected chi connectivity index (χ3v) is 3.79. The van der Waals surface area contributed by atoms with E-state index in [2.05, 4.69) is 17.9 Å². The summed E-state index contributed by atoms with van der Waals surface area (Å²) in [6.45, 7) is 0.398. The van der Waals surface area contributed by atoms with Gasteiger partial charge in [0, 0.05) is 23.4 Å². The van der Waals surface area contributed by atoms with Crippen LogP contribution in [0.25, 0.3) is 0 Å². The second-order valence-corrected chi connectivity index (χ2v) is 5.26. The first-order chi connectivity index (χ1) is 9.06. The molecule has 3 rings (SSSR count). The maximum atomic E-state index is 12.3. The zero-order valence-electron chi connectivity index (χ0n) is 10.0. The van der Waals surface area contributed by atoms with Gasteiger partial charge < -0.3 is 4.90 Å². The minimum Gasteiger partial charge on any atom is -0.322 e. The van der Waals surface area contributed by atoms with Crippen LogP contribution < -0.4 is 5.32 Å². The van der Waals surface area contributed by atoms with Crippen molar-refractivity contribution in [3.8, 4) is 0 Å². The number of benzene rings is 1. The maximum absolute atomic E-state index is 12.3. The van der Waals surface area contributed by atoms with Crippen LogP contribution in [-0.4, -0.2) is 28.7 Å². The van der Waals surface area contributed by atoms with Gasteiger partial charge in [0.25, 0.3) is 5.91 Å². The molecule has 6 heteroatoms. The molecule has 0 saturated carbocycles. The van der Waals surface area contributed by atoms with E-state index in [-0.39, 0.29) is 24.1 Å². The van der Waals surface area contributed by atoms with E-state index in [4.69, 9.17) is 0 Å². The Kier molecular flexibility index (Phi) is 2.82. The molecule has 0 spiro atoms. The van der Waals surface area contributed by atoms with Crippen molar-refractivity contribution < 1.29 is 14.4 Å². The molecule has 1 atom stereocenters. The average Bonchev–Trinajstić information content (AvgIpc) is 2.66. The molecule has 2 aliphatic heterocycles. The van der Waals surface area contributed by atoms with Crippen molar-refractivity contribution in [1.29, 1.82) is 0 Å². The van der Waals surface area contributed by atoms with Gasteiger partial charge >= 0.3 is 0 Å². The second kappa shape index (κ2) is 4.38. The summed E-state index contributed by atoms with van der Waals surface area (Å²) in [4.78, 5) is 37.5. The molecular formula is C13H12N2O3S. The quantitative estimate of drug-likeness (QED) is 0.587. The predicted molar refractivity (Wildman–Crippen MR) is 69.7 cm³/mol. The fraction of sp³-hybridized carbons (Fsp3) is 0.308. The van der Waals surface area contributed by atoms with E-state index < -0.39 is 6.04 Å². The Balaban J connectivity index is 1.87. The highest BCUT2D eigenvalue weighted by Gasteiger charge is 2.38. The first kappa shape index (κ1) is 12.2. The number of carbonyl (C=O) groups excluding carboxylic acids is 3. The maximum Gasteiger partial charge on any atom is 0.255 e. The summed E-state index contributed by atoms with van der Waals surface area (Å²) in [6, 6.07) is 4.77. The van der Waals surface area contributed by atoms with Gasteiger partial charge in [0.05, 0.1) is 0 Å². The first-order valence-electron chi connectivity index (χ1n) is 6.03. The Labute approximate surface area is 115 Å². The fourth-order valence-corrected chi connectivity index (χ4v) is 2.79. The molecule has 5 nitrogen and oxygen atoms in total. The van der Waals surface area contributed by atoms with Gasteiger partial charge in [0.15, 0.2) is 0 Å². The van der Waals surface area contributed by atoms with Crippen LogP contribution in [-0.2, 0) is 16.1 Å². The Morgan fingerprint density at radius 3 is 2.79 bits per heavy atom. The molecule has 19 heavy (non-hydrogen) atoms. The topological polar surface area (TPSA) is 66.5 Å². The van der Waals surface area contributed by atoms with Gasteiger partial charge in [-0.3, -0.25) is 19.7 Å². The molecule has 2 aliphatic rings. The molecule has 1 saturated heterocycles. The number of piperidine rings is 1. The van der Waals surface area contributed by atoms with E-state index in [0.29, 0.717) is 18.5 Å². The lowest BCUT2D eigenvalue weighted by Crippen LogP contribution is -2.52. The molecule has 0 aliphatic carbocycles. The molecule has 1 fully saturated rings. The summed E-state index contributed by atoms with van der Waals surface area (Å²) in [5, 5.41) is 2.28. The molecule has 1 aromatic rings. The summed E-state index contributed by atoms with van der Waals surface area (Å²) in [6.07, 6.45) is 0.659. The molecular weight excluding hydrogens is 264 g/mol. The normalized spacial score (nSPS) is 22.5. The molecule has 1 unspecified atom stereocenters. The highest BCUT2D eigenvalue weighted by molar-refractivity contribution is 7.80. The number of rotatable bonds is 1. The van der Waals surface area contributed by atoms with Gasteiger partial charge in [0.1, 0.15) is 6.04 Å². The van der Waals surface area contributed by atoms with Crippen molar-refractivity contribution in [2.75, 3.05) is 0 Å². The van der Waals surface area contributed by atoms with Crippen LogP contribution in [0.5, 0.6) is 0 Å². The lowest BCUT2D eigenvalue weighted by molar-refractivity contribution is -0.136. The van der Waals surface area contributed by atoms with E-state index in [1.165, 1.54) is 4.90 Å². The van der Waals surface area contributed by atoms with E-state index in [0.717, 1.165) is 10.5 Å². The van der Waals surface area contributed by atoms with Gasteiger partial charge in [0.2, 0.25) is 11.8 Å². The lowest BCUT2D eigenvalue weighted by Gasteiger charge is -2.29. The standard InChI is InChI=1S/C13H12N2O3S/c16-11-4-3-10(12(17)14-11)15-6-7-5-8(19)1-2-9(7)13(15)18/h1-2,5,10,19H,3-4,6H2,(H,14,16,17). The van der Waals surface area contributed by atoms with Gasteiger partial charge in [-0.15, -0.1) is 12.6 Å². The fourth-order valence-electron chi connectivity index (χ4n) is 2.56. The van der Waals surface area contributed by atoms with Crippen LogP contribution >= 0.6 is 12.6 Å². The molecule has 1 N–H and O–H groups in total. The second-order valence-electron chi connectivity index (χ2n) is 4.74. The Bertz CT molecular complexity index is 600. The Hall–Kier alpha value is -1.82. The number of nitrogens with one attached hydrogen (secondary N) is 1. The first-order valence-corrected chi connectivity index (χ1v) is 6.47. The van der Waals surface area contributed by atoms with Gasteiger partial charge in [-0.25, -0.2) is 0 Å². The van der Waals surface area contributed by atoms with Crippen LogP contribution in [0, 0.1) is 0 Å². The summed E-state index contributed by atoms with van der Waals surface area (Å²) in [7, 11) is 0. The Morgan fingerprint density at radius 2 is 2.05 bits per heavy atom. The molecule has 0 radical (unpaired) electrons. The van der Waals surface area contributed by atoms with E-state index >= 15 is 0 Å². The summed E-state index contributed by atoms with van der Waals surface area (Å²) in [5.41, 5.74) is 1.49.